The van der Waals surface area contributed by atoms with Crippen molar-refractivity contribution < 1.29 is 40.4 Å². The summed E-state index contributed by atoms with van der Waals surface area (Å²) in [5.74, 6) is 1.78. The van der Waals surface area contributed by atoms with Crippen LogP contribution < -0.4 is 4.74 Å². The number of thioether (sulfide) groups is 1. The summed E-state index contributed by atoms with van der Waals surface area (Å²) in [6, 6.07) is 12.0. The standard InChI is InChI=1S/C16H16O3S.CHF3O3S/c1-18-16(17)19-14-9-8-13(15-7-4-10-20-15)11-5-2-3-6-12(11)14;2-1(3,4)8(5,6)7/h2-3,5-6,8-9,15H,4,7,10H2,1H3;(H,5,6,7). The van der Waals surface area contributed by atoms with Gasteiger partial charge in [0.05, 0.1) is 7.11 Å². The summed E-state index contributed by atoms with van der Waals surface area (Å²) in [7, 11) is -4.53. The second-order valence-corrected chi connectivity index (χ2v) is 8.40. The number of fused-ring (bicyclic) bond motifs is 1. The minimum Gasteiger partial charge on any atom is -0.437 e. The van der Waals surface area contributed by atoms with Gasteiger partial charge in [0.2, 0.25) is 0 Å². The molecule has 28 heavy (non-hydrogen) atoms. The number of carbonyl (C=O) groups excluding carboxylic acids is 1. The summed E-state index contributed by atoms with van der Waals surface area (Å²) in [5.41, 5.74) is -4.20. The molecule has 1 atom stereocenters. The lowest BCUT2D eigenvalue weighted by atomic mass is 9.99. The average molecular weight is 438 g/mol. The van der Waals surface area contributed by atoms with Crippen LogP contribution in [0.25, 0.3) is 10.8 Å². The summed E-state index contributed by atoms with van der Waals surface area (Å²) in [5, 5.41) is 2.67. The summed E-state index contributed by atoms with van der Waals surface area (Å²) >= 11 is 2.00. The predicted octanol–water partition coefficient (Wildman–Crippen LogP) is 4.95. The third-order valence-electron chi connectivity index (χ3n) is 3.85. The molecule has 0 bridgehead atoms. The molecule has 1 aliphatic heterocycles. The van der Waals surface area contributed by atoms with Crippen LogP contribution in [0.5, 0.6) is 5.75 Å². The van der Waals surface area contributed by atoms with Crippen molar-refractivity contribution in [1.29, 1.82) is 0 Å². The van der Waals surface area contributed by atoms with Crippen LogP contribution in [0.15, 0.2) is 36.4 Å². The number of rotatable bonds is 2. The number of hydrogen-bond acceptors (Lipinski definition) is 6. The normalized spacial score (nSPS) is 17.0. The van der Waals surface area contributed by atoms with Crippen molar-refractivity contribution in [2.75, 3.05) is 12.9 Å². The van der Waals surface area contributed by atoms with E-state index in [4.69, 9.17) is 17.7 Å². The fourth-order valence-corrected chi connectivity index (χ4v) is 3.96. The molecule has 1 saturated heterocycles. The smallest absolute Gasteiger partial charge is 0.437 e. The van der Waals surface area contributed by atoms with Gasteiger partial charge in [0, 0.05) is 10.6 Å². The van der Waals surface area contributed by atoms with Gasteiger partial charge in [0.25, 0.3) is 0 Å². The van der Waals surface area contributed by atoms with Crippen LogP contribution in [0, 0.1) is 0 Å². The molecule has 3 rings (SSSR count). The van der Waals surface area contributed by atoms with E-state index in [1.165, 1.54) is 31.3 Å². The molecule has 0 aliphatic carbocycles. The second kappa shape index (κ2) is 9.01. The predicted molar refractivity (Wildman–Crippen MR) is 99.0 cm³/mol. The lowest BCUT2D eigenvalue weighted by molar-refractivity contribution is -0.0510. The number of methoxy groups -OCH3 is 1. The van der Waals surface area contributed by atoms with Crippen LogP contribution in [0.4, 0.5) is 18.0 Å². The van der Waals surface area contributed by atoms with Gasteiger partial charge in [-0.05, 0) is 35.6 Å². The van der Waals surface area contributed by atoms with Crippen LogP contribution in [0.3, 0.4) is 0 Å². The molecule has 0 saturated carbocycles. The van der Waals surface area contributed by atoms with Gasteiger partial charge >= 0.3 is 21.8 Å². The highest BCUT2D eigenvalue weighted by Gasteiger charge is 2.44. The van der Waals surface area contributed by atoms with E-state index in [0.717, 1.165) is 10.8 Å². The number of alkyl halides is 3. The fourth-order valence-electron chi connectivity index (χ4n) is 2.62. The van der Waals surface area contributed by atoms with Crippen molar-refractivity contribution in [3.63, 3.8) is 0 Å². The molecule has 1 unspecified atom stereocenters. The molecule has 2 aromatic carbocycles. The first kappa shape index (κ1) is 22.3. The van der Waals surface area contributed by atoms with Gasteiger partial charge in [0.15, 0.2) is 0 Å². The van der Waals surface area contributed by atoms with Crippen molar-refractivity contribution in [3.8, 4) is 5.75 Å². The van der Waals surface area contributed by atoms with Crippen LogP contribution in [-0.4, -0.2) is 37.5 Å². The molecule has 0 aromatic heterocycles. The first-order valence-electron chi connectivity index (χ1n) is 7.97. The zero-order chi connectivity index (χ0) is 20.9. The average Bonchev–Trinajstić information content (AvgIpc) is 3.15. The molecular weight excluding hydrogens is 421 g/mol. The first-order valence-corrected chi connectivity index (χ1v) is 10.5. The van der Waals surface area contributed by atoms with Gasteiger partial charge in [0.1, 0.15) is 5.75 Å². The van der Waals surface area contributed by atoms with Gasteiger partial charge in [-0.2, -0.15) is 33.4 Å². The minimum absolute atomic E-state index is 0.548. The number of carbonyl (C=O) groups is 1. The molecule has 1 heterocycles. The molecule has 1 N–H and O–H groups in total. The summed E-state index contributed by atoms with van der Waals surface area (Å²) in [6.45, 7) is 0. The highest BCUT2D eigenvalue weighted by Crippen LogP contribution is 2.44. The van der Waals surface area contributed by atoms with Crippen molar-refractivity contribution >= 4 is 38.8 Å². The molecule has 6 nitrogen and oxygen atoms in total. The summed E-state index contributed by atoms with van der Waals surface area (Å²) < 4.78 is 67.3. The van der Waals surface area contributed by atoms with Gasteiger partial charge in [-0.15, -0.1) is 0 Å². The highest BCUT2D eigenvalue weighted by molar-refractivity contribution is 7.99. The molecule has 154 valence electrons. The Kier molecular flexibility index (Phi) is 7.18. The molecule has 11 heteroatoms. The Morgan fingerprint density at radius 1 is 1.18 bits per heavy atom. The maximum Gasteiger partial charge on any atom is 0.522 e. The van der Waals surface area contributed by atoms with Crippen molar-refractivity contribution in [3.05, 3.63) is 42.0 Å². The maximum atomic E-state index is 11.3. The minimum atomic E-state index is -5.84. The fraction of sp³-hybridized carbons (Fsp3) is 0.353. The molecule has 2 aromatic rings. The van der Waals surface area contributed by atoms with Crippen LogP contribution >= 0.6 is 11.8 Å². The van der Waals surface area contributed by atoms with Crippen LogP contribution in [0.1, 0.15) is 23.7 Å². The number of hydrogen-bond donors (Lipinski definition) is 1. The Morgan fingerprint density at radius 2 is 1.79 bits per heavy atom. The molecule has 0 radical (unpaired) electrons. The van der Waals surface area contributed by atoms with E-state index in [1.54, 1.807) is 0 Å². The van der Waals surface area contributed by atoms with Crippen molar-refractivity contribution in [1.82, 2.24) is 0 Å². The monoisotopic (exact) mass is 438 g/mol. The Labute approximate surface area is 163 Å². The number of ether oxygens (including phenoxy) is 2. The van der Waals surface area contributed by atoms with E-state index in [0.29, 0.717) is 11.0 Å². The Balaban J connectivity index is 0.000000300. The molecule has 0 amide bonds. The molecule has 1 fully saturated rings. The van der Waals surface area contributed by atoms with E-state index >= 15 is 0 Å². The highest BCUT2D eigenvalue weighted by atomic mass is 32.2. The topological polar surface area (TPSA) is 89.9 Å². The van der Waals surface area contributed by atoms with E-state index < -0.39 is 21.8 Å². The zero-order valence-electron chi connectivity index (χ0n) is 14.6. The number of halogens is 3. The van der Waals surface area contributed by atoms with E-state index in [1.807, 2.05) is 36.0 Å². The second-order valence-electron chi connectivity index (χ2n) is 5.68. The summed E-state index contributed by atoms with van der Waals surface area (Å²) in [4.78, 5) is 11.3. The SMILES string of the molecule is COC(=O)Oc1ccc(C2CCCS2)c2ccccc12.O=S(=O)(O)C(F)(F)F. The summed E-state index contributed by atoms with van der Waals surface area (Å²) in [6.07, 6.45) is 1.80. The third-order valence-corrected chi connectivity index (χ3v) is 5.85. The molecular formula is C17H17F3O6S2. The maximum absolute atomic E-state index is 11.3. The largest absolute Gasteiger partial charge is 0.522 e. The molecule has 1 aliphatic rings. The van der Waals surface area contributed by atoms with Gasteiger partial charge < -0.3 is 9.47 Å². The van der Waals surface area contributed by atoms with Gasteiger partial charge in [-0.3, -0.25) is 4.55 Å². The van der Waals surface area contributed by atoms with Crippen molar-refractivity contribution in [2.45, 2.75) is 23.6 Å². The first-order chi connectivity index (χ1) is 13.0. The van der Waals surface area contributed by atoms with E-state index in [2.05, 4.69) is 16.9 Å². The quantitative estimate of drug-likeness (QED) is 0.307. The van der Waals surface area contributed by atoms with Gasteiger partial charge in [-0.25, -0.2) is 4.79 Å². The lowest BCUT2D eigenvalue weighted by Gasteiger charge is -2.14. The van der Waals surface area contributed by atoms with E-state index in [9.17, 15) is 18.0 Å². The third kappa shape index (κ3) is 5.52. The lowest BCUT2D eigenvalue weighted by Crippen LogP contribution is -2.21. The molecule has 0 spiro atoms. The van der Waals surface area contributed by atoms with Crippen LogP contribution in [0.2, 0.25) is 0 Å². The Hall–Kier alpha value is -1.98. The Bertz CT molecular complexity index is 938. The van der Waals surface area contributed by atoms with Crippen LogP contribution in [-0.2, 0) is 14.9 Å². The van der Waals surface area contributed by atoms with E-state index in [-0.39, 0.29) is 0 Å². The Morgan fingerprint density at radius 3 is 2.29 bits per heavy atom. The number of benzene rings is 2. The zero-order valence-corrected chi connectivity index (χ0v) is 16.2. The van der Waals surface area contributed by atoms with Gasteiger partial charge in [-0.1, -0.05) is 30.3 Å². The van der Waals surface area contributed by atoms with Crippen molar-refractivity contribution in [2.24, 2.45) is 0 Å².